The third kappa shape index (κ3) is 3.96. The number of likely N-dealkylation sites (N-methyl/N-ethyl adjacent to an activating group) is 1. The molecule has 0 saturated carbocycles. The minimum absolute atomic E-state index is 0.00806. The first-order valence-corrected chi connectivity index (χ1v) is 9.97. The predicted octanol–water partition coefficient (Wildman–Crippen LogP) is 4.42. The third-order valence-corrected chi connectivity index (χ3v) is 5.63. The number of benzene rings is 2. The van der Waals surface area contributed by atoms with E-state index in [1.165, 1.54) is 12.1 Å². The van der Waals surface area contributed by atoms with Crippen LogP contribution < -0.4 is 4.74 Å². The van der Waals surface area contributed by atoms with Gasteiger partial charge in [0.15, 0.2) is 0 Å². The van der Waals surface area contributed by atoms with Crippen LogP contribution in [0.3, 0.4) is 0 Å². The van der Waals surface area contributed by atoms with Crippen LogP contribution in [0.15, 0.2) is 53.2 Å². The van der Waals surface area contributed by atoms with Gasteiger partial charge in [-0.3, -0.25) is 4.79 Å². The van der Waals surface area contributed by atoms with Crippen LogP contribution >= 0.6 is 0 Å². The van der Waals surface area contributed by atoms with Crippen molar-refractivity contribution < 1.29 is 18.3 Å². The van der Waals surface area contributed by atoms with Gasteiger partial charge in [0.25, 0.3) is 0 Å². The third-order valence-electron chi connectivity index (χ3n) is 5.63. The smallest absolute Gasteiger partial charge is 0.246 e. The first kappa shape index (κ1) is 20.2. The number of methoxy groups -OCH3 is 1. The highest BCUT2D eigenvalue weighted by molar-refractivity contribution is 6.00. The molecule has 0 bridgehead atoms. The molecule has 2 aromatic carbocycles. The summed E-state index contributed by atoms with van der Waals surface area (Å²) in [5.74, 6) is 0.367. The van der Waals surface area contributed by atoms with Gasteiger partial charge in [-0.1, -0.05) is 12.1 Å². The van der Waals surface area contributed by atoms with Gasteiger partial charge in [-0.05, 0) is 43.3 Å². The number of carbonyl (C=O) groups excluding carboxylic acids is 1. The fourth-order valence-corrected chi connectivity index (χ4v) is 3.77. The van der Waals surface area contributed by atoms with Crippen molar-refractivity contribution in [1.29, 1.82) is 0 Å². The molecule has 0 atom stereocenters. The molecule has 1 amide bonds. The van der Waals surface area contributed by atoms with Gasteiger partial charge in [-0.15, -0.1) is 0 Å². The lowest BCUT2D eigenvalue weighted by molar-refractivity contribution is -0.127. The topological polar surface area (TPSA) is 45.9 Å². The molecule has 1 aliphatic rings. The van der Waals surface area contributed by atoms with E-state index in [9.17, 15) is 9.18 Å². The summed E-state index contributed by atoms with van der Waals surface area (Å²) in [6, 6.07) is 10.1. The molecular weight excluding hydrogens is 383 g/mol. The van der Waals surface area contributed by atoms with E-state index < -0.39 is 0 Å². The summed E-state index contributed by atoms with van der Waals surface area (Å²) >= 11 is 0. The first-order chi connectivity index (χ1) is 14.5. The zero-order valence-corrected chi connectivity index (χ0v) is 17.4. The molecule has 2 heterocycles. The number of furan rings is 1. The van der Waals surface area contributed by atoms with Crippen LogP contribution in [0, 0.1) is 5.82 Å². The molecule has 4 rings (SSSR count). The van der Waals surface area contributed by atoms with Crippen LogP contribution in [0.2, 0.25) is 0 Å². The Balaban J connectivity index is 1.71. The van der Waals surface area contributed by atoms with E-state index in [2.05, 4.69) is 11.9 Å². The molecule has 1 aliphatic heterocycles. The largest absolute Gasteiger partial charge is 0.496 e. The summed E-state index contributed by atoms with van der Waals surface area (Å²) in [5.41, 5.74) is 4.06. The second kappa shape index (κ2) is 8.32. The summed E-state index contributed by atoms with van der Waals surface area (Å²) in [6.45, 7) is 5.13. The molecule has 0 spiro atoms. The van der Waals surface area contributed by atoms with Gasteiger partial charge in [0.1, 0.15) is 17.1 Å². The van der Waals surface area contributed by atoms with E-state index >= 15 is 0 Å². The highest BCUT2D eigenvalue weighted by atomic mass is 19.1. The Morgan fingerprint density at radius 2 is 1.83 bits per heavy atom. The highest BCUT2D eigenvalue weighted by Crippen LogP contribution is 2.37. The summed E-state index contributed by atoms with van der Waals surface area (Å²) in [5, 5.41) is 0.886. The fourth-order valence-electron chi connectivity index (χ4n) is 3.77. The SMILES string of the molecule is COc1cc2occ(-c3ccc(F)cc3)c2cc1/C(C)=C/C(=O)N1CCN(C)CC1. The van der Waals surface area contributed by atoms with Crippen molar-refractivity contribution in [3.63, 3.8) is 0 Å². The number of carbonyl (C=O) groups is 1. The van der Waals surface area contributed by atoms with Gasteiger partial charge < -0.3 is 19.0 Å². The summed E-state index contributed by atoms with van der Waals surface area (Å²) in [4.78, 5) is 16.8. The zero-order valence-electron chi connectivity index (χ0n) is 17.4. The maximum Gasteiger partial charge on any atom is 0.246 e. The van der Waals surface area contributed by atoms with E-state index in [1.54, 1.807) is 31.6 Å². The number of piperazine rings is 1. The van der Waals surface area contributed by atoms with E-state index in [0.29, 0.717) is 11.3 Å². The van der Waals surface area contributed by atoms with Gasteiger partial charge in [-0.2, -0.15) is 0 Å². The van der Waals surface area contributed by atoms with E-state index in [1.807, 2.05) is 24.0 Å². The average Bonchev–Trinajstić information content (AvgIpc) is 3.16. The molecule has 1 fully saturated rings. The second-order valence-electron chi connectivity index (χ2n) is 7.66. The van der Waals surface area contributed by atoms with E-state index in [4.69, 9.17) is 9.15 Å². The Morgan fingerprint density at radius 1 is 1.13 bits per heavy atom. The number of fused-ring (bicyclic) bond motifs is 1. The standard InChI is InChI=1S/C24H25FN2O3/c1-16(12-24(28)27-10-8-26(2)9-11-27)19-13-20-21(17-4-6-18(25)7-5-17)15-30-23(20)14-22(19)29-3/h4-7,12-15H,8-11H2,1-3H3/b16-12+. The molecular formula is C24H25FN2O3. The second-order valence-corrected chi connectivity index (χ2v) is 7.66. The van der Waals surface area contributed by atoms with E-state index in [0.717, 1.165) is 53.8 Å². The van der Waals surface area contributed by atoms with Crippen LogP contribution in [0.1, 0.15) is 12.5 Å². The van der Waals surface area contributed by atoms with Gasteiger partial charge in [-0.25, -0.2) is 4.39 Å². The molecule has 1 aromatic heterocycles. The summed E-state index contributed by atoms with van der Waals surface area (Å²) in [6.07, 6.45) is 3.34. The number of amides is 1. The van der Waals surface area contributed by atoms with Crippen LogP contribution in [-0.2, 0) is 4.79 Å². The molecule has 0 aliphatic carbocycles. The van der Waals surface area contributed by atoms with Crippen molar-refractivity contribution in [1.82, 2.24) is 9.80 Å². The van der Waals surface area contributed by atoms with Crippen LogP contribution in [0.5, 0.6) is 5.75 Å². The summed E-state index contributed by atoms with van der Waals surface area (Å²) < 4.78 is 24.6. The van der Waals surface area contributed by atoms with Crippen LogP contribution in [0.25, 0.3) is 27.7 Å². The molecule has 3 aromatic rings. The lowest BCUT2D eigenvalue weighted by Crippen LogP contribution is -2.46. The van der Waals surface area contributed by atoms with Crippen molar-refractivity contribution in [3.05, 3.63) is 60.1 Å². The average molecular weight is 408 g/mol. The van der Waals surface area contributed by atoms with Crippen molar-refractivity contribution in [3.8, 4) is 16.9 Å². The van der Waals surface area contributed by atoms with Crippen molar-refractivity contribution in [2.45, 2.75) is 6.92 Å². The van der Waals surface area contributed by atoms with Gasteiger partial charge in [0, 0.05) is 54.8 Å². The number of hydrogen-bond acceptors (Lipinski definition) is 4. The fraction of sp³-hybridized carbons (Fsp3) is 0.292. The Hall–Kier alpha value is -3.12. The molecule has 6 heteroatoms. The number of allylic oxidation sites excluding steroid dienone is 1. The predicted molar refractivity (Wildman–Crippen MR) is 116 cm³/mol. The Labute approximate surface area is 175 Å². The van der Waals surface area contributed by atoms with Crippen molar-refractivity contribution in [2.75, 3.05) is 40.3 Å². The quantitative estimate of drug-likeness (QED) is 0.600. The lowest BCUT2D eigenvalue weighted by Gasteiger charge is -2.31. The van der Waals surface area contributed by atoms with Crippen molar-refractivity contribution in [2.24, 2.45) is 0 Å². The zero-order chi connectivity index (χ0) is 21.3. The maximum absolute atomic E-state index is 13.3. The Kier molecular flexibility index (Phi) is 5.59. The molecule has 5 nitrogen and oxygen atoms in total. The minimum Gasteiger partial charge on any atom is -0.496 e. The van der Waals surface area contributed by atoms with E-state index in [-0.39, 0.29) is 11.7 Å². The Morgan fingerprint density at radius 3 is 2.50 bits per heavy atom. The molecule has 0 N–H and O–H groups in total. The first-order valence-electron chi connectivity index (χ1n) is 9.97. The minimum atomic E-state index is -0.282. The van der Waals surface area contributed by atoms with Gasteiger partial charge in [0.2, 0.25) is 5.91 Å². The molecule has 30 heavy (non-hydrogen) atoms. The van der Waals surface area contributed by atoms with Gasteiger partial charge >= 0.3 is 0 Å². The van der Waals surface area contributed by atoms with Crippen LogP contribution in [-0.4, -0.2) is 56.0 Å². The number of ether oxygens (including phenoxy) is 1. The number of rotatable bonds is 4. The van der Waals surface area contributed by atoms with Gasteiger partial charge in [0.05, 0.1) is 13.4 Å². The number of nitrogens with zero attached hydrogens (tertiary/aromatic N) is 2. The van der Waals surface area contributed by atoms with Crippen molar-refractivity contribution >= 4 is 22.4 Å². The number of halogens is 1. The Bertz CT molecular complexity index is 1090. The highest BCUT2D eigenvalue weighted by Gasteiger charge is 2.19. The molecule has 1 saturated heterocycles. The monoisotopic (exact) mass is 408 g/mol. The maximum atomic E-state index is 13.3. The molecule has 0 radical (unpaired) electrons. The molecule has 156 valence electrons. The summed E-state index contributed by atoms with van der Waals surface area (Å²) in [7, 11) is 3.66. The molecule has 0 unspecified atom stereocenters. The normalized spacial score (nSPS) is 15.6. The van der Waals surface area contributed by atoms with Crippen LogP contribution in [0.4, 0.5) is 4.39 Å². The number of hydrogen-bond donors (Lipinski definition) is 0. The lowest BCUT2D eigenvalue weighted by atomic mass is 9.99.